The molecule has 5 heteroatoms. The average Bonchev–Trinajstić information content (AvgIpc) is 2.57. The number of para-hydroxylation sites is 1. The van der Waals surface area contributed by atoms with E-state index in [1.165, 1.54) is 11.8 Å². The van der Waals surface area contributed by atoms with Gasteiger partial charge in [0, 0.05) is 16.6 Å². The van der Waals surface area contributed by atoms with Gasteiger partial charge in [-0.25, -0.2) is 0 Å². The highest BCUT2D eigenvalue weighted by molar-refractivity contribution is 8.00. The highest BCUT2D eigenvalue weighted by atomic mass is 32.2. The van der Waals surface area contributed by atoms with Crippen molar-refractivity contribution in [3.05, 3.63) is 60.2 Å². The first-order valence-electron chi connectivity index (χ1n) is 7.28. The first kappa shape index (κ1) is 17.1. The summed E-state index contributed by atoms with van der Waals surface area (Å²) in [6.07, 6.45) is -0.787. The Hall–Kier alpha value is -2.29. The largest absolute Gasteiger partial charge is 0.378 e. The number of nitrogens with zero attached hydrogens (tertiary/aromatic N) is 1. The van der Waals surface area contributed by atoms with Crippen molar-refractivity contribution in [1.82, 2.24) is 0 Å². The van der Waals surface area contributed by atoms with Gasteiger partial charge in [-0.2, -0.15) is 5.26 Å². The lowest BCUT2D eigenvalue weighted by atomic mass is 10.1. The Morgan fingerprint density at radius 3 is 2.57 bits per heavy atom. The lowest BCUT2D eigenvalue weighted by molar-refractivity contribution is -0.124. The van der Waals surface area contributed by atoms with Crippen LogP contribution in [0.4, 0.5) is 5.69 Å². The molecule has 2 atom stereocenters. The molecular weight excluding hydrogens is 308 g/mol. The first-order chi connectivity index (χ1) is 11.1. The standard InChI is InChI=1S/C18H18N2O2S/c1-13(11-12-19)23-16-10-6-5-9-15(16)20-18(22)17(21)14-7-3-2-4-8-14/h2-10,13,17,21H,11H2,1H3,(H,20,22). The number of carbonyl (C=O) groups is 1. The minimum Gasteiger partial charge on any atom is -0.378 e. The molecule has 118 valence electrons. The summed E-state index contributed by atoms with van der Waals surface area (Å²) in [5.41, 5.74) is 1.19. The van der Waals surface area contributed by atoms with E-state index in [0.29, 0.717) is 17.7 Å². The van der Waals surface area contributed by atoms with Crippen molar-refractivity contribution in [3.8, 4) is 6.07 Å². The quantitative estimate of drug-likeness (QED) is 0.793. The number of hydrogen-bond donors (Lipinski definition) is 2. The smallest absolute Gasteiger partial charge is 0.257 e. The zero-order chi connectivity index (χ0) is 16.7. The van der Waals surface area contributed by atoms with E-state index in [1.807, 2.05) is 31.2 Å². The predicted octanol–water partition coefficient (Wildman–Crippen LogP) is 3.75. The van der Waals surface area contributed by atoms with Crippen LogP contribution in [0.5, 0.6) is 0 Å². The molecule has 0 saturated carbocycles. The number of rotatable bonds is 6. The second kappa shape index (κ2) is 8.37. The number of benzene rings is 2. The number of aliphatic hydroxyl groups excluding tert-OH is 1. The molecule has 2 aromatic rings. The fraction of sp³-hybridized carbons (Fsp3) is 0.222. The Morgan fingerprint density at radius 2 is 1.87 bits per heavy atom. The molecule has 2 N–H and O–H groups in total. The molecule has 0 aliphatic carbocycles. The van der Waals surface area contributed by atoms with Gasteiger partial charge in [0.15, 0.2) is 6.10 Å². The fourth-order valence-corrected chi connectivity index (χ4v) is 3.04. The van der Waals surface area contributed by atoms with Crippen LogP contribution in [0.3, 0.4) is 0 Å². The molecule has 2 unspecified atom stereocenters. The number of carbonyl (C=O) groups excluding carboxylic acids is 1. The monoisotopic (exact) mass is 326 g/mol. The van der Waals surface area contributed by atoms with Crippen molar-refractivity contribution in [3.63, 3.8) is 0 Å². The number of aliphatic hydroxyl groups is 1. The van der Waals surface area contributed by atoms with E-state index < -0.39 is 12.0 Å². The molecule has 0 saturated heterocycles. The summed E-state index contributed by atoms with van der Waals surface area (Å²) in [5, 5.41) is 21.8. The molecule has 0 aliphatic rings. The molecule has 0 aromatic heterocycles. The Balaban J connectivity index is 2.11. The van der Waals surface area contributed by atoms with Crippen LogP contribution in [0.15, 0.2) is 59.5 Å². The van der Waals surface area contributed by atoms with E-state index >= 15 is 0 Å². The zero-order valence-electron chi connectivity index (χ0n) is 12.8. The highest BCUT2D eigenvalue weighted by Gasteiger charge is 2.18. The predicted molar refractivity (Wildman–Crippen MR) is 92.0 cm³/mol. The number of nitrogens with one attached hydrogen (secondary N) is 1. The summed E-state index contributed by atoms with van der Waals surface area (Å²) in [6.45, 7) is 1.96. The third-order valence-electron chi connectivity index (χ3n) is 3.22. The van der Waals surface area contributed by atoms with Crippen LogP contribution < -0.4 is 5.32 Å². The van der Waals surface area contributed by atoms with Gasteiger partial charge in [-0.15, -0.1) is 11.8 Å². The number of amides is 1. The number of thioether (sulfide) groups is 1. The Labute approximate surface area is 140 Å². The van der Waals surface area contributed by atoms with E-state index in [1.54, 1.807) is 30.3 Å². The van der Waals surface area contributed by atoms with Crippen LogP contribution in [-0.4, -0.2) is 16.3 Å². The molecule has 2 aromatic carbocycles. The third kappa shape index (κ3) is 4.85. The van der Waals surface area contributed by atoms with Crippen molar-refractivity contribution in [2.24, 2.45) is 0 Å². The van der Waals surface area contributed by atoms with Crippen molar-refractivity contribution in [2.75, 3.05) is 5.32 Å². The van der Waals surface area contributed by atoms with Crippen LogP contribution in [0.2, 0.25) is 0 Å². The molecule has 2 rings (SSSR count). The van der Waals surface area contributed by atoms with E-state index in [2.05, 4.69) is 11.4 Å². The van der Waals surface area contributed by atoms with Crippen molar-refractivity contribution in [1.29, 1.82) is 5.26 Å². The molecule has 4 nitrogen and oxygen atoms in total. The van der Waals surface area contributed by atoms with Crippen LogP contribution in [0.1, 0.15) is 25.0 Å². The van der Waals surface area contributed by atoms with E-state index in [0.717, 1.165) is 4.90 Å². The molecule has 0 radical (unpaired) electrons. The Kier molecular flexibility index (Phi) is 6.21. The van der Waals surface area contributed by atoms with E-state index in [-0.39, 0.29) is 5.25 Å². The molecule has 23 heavy (non-hydrogen) atoms. The molecule has 0 spiro atoms. The summed E-state index contributed by atoms with van der Waals surface area (Å²) in [5.74, 6) is -0.475. The van der Waals surface area contributed by atoms with Crippen molar-refractivity contribution < 1.29 is 9.90 Å². The average molecular weight is 326 g/mol. The summed E-state index contributed by atoms with van der Waals surface area (Å²) in [6, 6.07) is 18.3. The Bertz CT molecular complexity index is 698. The molecule has 0 aliphatic heterocycles. The van der Waals surface area contributed by atoms with Crippen molar-refractivity contribution >= 4 is 23.4 Å². The summed E-state index contributed by atoms with van der Waals surface area (Å²) in [4.78, 5) is 13.1. The summed E-state index contributed by atoms with van der Waals surface area (Å²) >= 11 is 1.53. The second-order valence-corrected chi connectivity index (χ2v) is 6.57. The number of hydrogen-bond acceptors (Lipinski definition) is 4. The van der Waals surface area contributed by atoms with Gasteiger partial charge < -0.3 is 10.4 Å². The molecule has 0 bridgehead atoms. The van der Waals surface area contributed by atoms with E-state index in [9.17, 15) is 9.90 Å². The van der Waals surface area contributed by atoms with Crippen LogP contribution in [-0.2, 0) is 4.79 Å². The highest BCUT2D eigenvalue weighted by Crippen LogP contribution is 2.32. The number of nitriles is 1. The van der Waals surface area contributed by atoms with Gasteiger partial charge in [0.1, 0.15) is 0 Å². The normalized spacial score (nSPS) is 12.9. The Morgan fingerprint density at radius 1 is 1.22 bits per heavy atom. The van der Waals surface area contributed by atoms with Gasteiger partial charge in [-0.05, 0) is 17.7 Å². The van der Waals surface area contributed by atoms with Gasteiger partial charge in [0.2, 0.25) is 0 Å². The van der Waals surface area contributed by atoms with E-state index in [4.69, 9.17) is 5.26 Å². The fourth-order valence-electron chi connectivity index (χ4n) is 2.05. The lowest BCUT2D eigenvalue weighted by Crippen LogP contribution is -2.21. The van der Waals surface area contributed by atoms with Crippen LogP contribution >= 0.6 is 11.8 Å². The maximum Gasteiger partial charge on any atom is 0.257 e. The maximum atomic E-state index is 12.3. The minimum atomic E-state index is -1.22. The van der Waals surface area contributed by atoms with Gasteiger partial charge in [0.25, 0.3) is 5.91 Å². The third-order valence-corrected chi connectivity index (χ3v) is 4.39. The van der Waals surface area contributed by atoms with Gasteiger partial charge in [-0.1, -0.05) is 49.4 Å². The lowest BCUT2D eigenvalue weighted by Gasteiger charge is -2.15. The van der Waals surface area contributed by atoms with Crippen LogP contribution in [0, 0.1) is 11.3 Å². The molecule has 0 heterocycles. The van der Waals surface area contributed by atoms with Crippen LogP contribution in [0.25, 0.3) is 0 Å². The maximum absolute atomic E-state index is 12.3. The second-order valence-electron chi connectivity index (χ2n) is 5.09. The SMILES string of the molecule is CC(CC#N)Sc1ccccc1NC(=O)C(O)c1ccccc1. The molecule has 0 fully saturated rings. The molecule has 1 amide bonds. The first-order valence-corrected chi connectivity index (χ1v) is 8.16. The minimum absolute atomic E-state index is 0.122. The van der Waals surface area contributed by atoms with Gasteiger partial charge in [-0.3, -0.25) is 4.79 Å². The van der Waals surface area contributed by atoms with Gasteiger partial charge in [0.05, 0.1) is 11.8 Å². The topological polar surface area (TPSA) is 73.1 Å². The zero-order valence-corrected chi connectivity index (χ0v) is 13.6. The van der Waals surface area contributed by atoms with Gasteiger partial charge >= 0.3 is 0 Å². The van der Waals surface area contributed by atoms with Crippen molar-refractivity contribution in [2.45, 2.75) is 29.6 Å². The molecular formula is C18H18N2O2S. The summed E-state index contributed by atoms with van der Waals surface area (Å²) < 4.78 is 0. The summed E-state index contributed by atoms with van der Waals surface area (Å²) in [7, 11) is 0. The number of anilines is 1.